The van der Waals surface area contributed by atoms with Gasteiger partial charge < -0.3 is 9.64 Å². The van der Waals surface area contributed by atoms with Gasteiger partial charge in [0.05, 0.1) is 29.2 Å². The molecule has 0 fully saturated rings. The molecule has 192 valence electrons. The van der Waals surface area contributed by atoms with Gasteiger partial charge in [0.25, 0.3) is 11.5 Å². The van der Waals surface area contributed by atoms with Gasteiger partial charge in [0.2, 0.25) is 0 Å². The van der Waals surface area contributed by atoms with Gasteiger partial charge in [-0.1, -0.05) is 51.1 Å². The molecule has 3 aromatic carbocycles. The highest BCUT2D eigenvalue weighted by molar-refractivity contribution is 5.96. The van der Waals surface area contributed by atoms with Crippen LogP contribution in [0.1, 0.15) is 61.9 Å². The largest absolute Gasteiger partial charge is 0.494 e. The van der Waals surface area contributed by atoms with E-state index in [-0.39, 0.29) is 17.4 Å². The summed E-state index contributed by atoms with van der Waals surface area (Å²) in [6.45, 7) is 11.2. The summed E-state index contributed by atoms with van der Waals surface area (Å²) < 4.78 is 7.27. The number of para-hydroxylation sites is 1. The topological polar surface area (TPSA) is 64.4 Å². The first kappa shape index (κ1) is 26.1. The predicted octanol–water partition coefficient (Wildman–Crippen LogP) is 6.34. The molecule has 1 heterocycles. The minimum absolute atomic E-state index is 0.0562. The number of nitrogens with zero attached hydrogens (tertiary/aromatic N) is 3. The van der Waals surface area contributed by atoms with Crippen molar-refractivity contribution in [1.29, 1.82) is 0 Å². The van der Waals surface area contributed by atoms with E-state index in [1.165, 1.54) is 0 Å². The second-order valence-electron chi connectivity index (χ2n) is 9.64. The summed E-state index contributed by atoms with van der Waals surface area (Å²) in [5.74, 6) is 1.46. The van der Waals surface area contributed by atoms with Crippen molar-refractivity contribution in [2.24, 2.45) is 5.92 Å². The highest BCUT2D eigenvalue weighted by Gasteiger charge is 2.30. The van der Waals surface area contributed by atoms with Crippen molar-refractivity contribution in [2.45, 2.75) is 47.1 Å². The van der Waals surface area contributed by atoms with Crippen LogP contribution >= 0.6 is 0 Å². The van der Waals surface area contributed by atoms with Crippen LogP contribution in [0.25, 0.3) is 16.6 Å². The summed E-state index contributed by atoms with van der Waals surface area (Å²) >= 11 is 0. The Balaban J connectivity index is 1.94. The fourth-order valence-corrected chi connectivity index (χ4v) is 4.74. The molecule has 1 atom stereocenters. The van der Waals surface area contributed by atoms with Gasteiger partial charge in [0.1, 0.15) is 11.6 Å². The zero-order valence-corrected chi connectivity index (χ0v) is 22.3. The number of aryl methyl sites for hydroxylation is 1. The van der Waals surface area contributed by atoms with Crippen molar-refractivity contribution >= 4 is 16.8 Å². The van der Waals surface area contributed by atoms with Crippen LogP contribution in [0.3, 0.4) is 0 Å². The summed E-state index contributed by atoms with van der Waals surface area (Å²) in [7, 11) is 0. The average molecular weight is 498 g/mol. The molecule has 0 radical (unpaired) electrons. The number of aromatic nitrogens is 2. The fourth-order valence-electron chi connectivity index (χ4n) is 4.74. The summed E-state index contributed by atoms with van der Waals surface area (Å²) in [5.41, 5.74) is 2.74. The molecule has 0 bridgehead atoms. The van der Waals surface area contributed by atoms with Crippen molar-refractivity contribution in [3.63, 3.8) is 0 Å². The van der Waals surface area contributed by atoms with E-state index in [2.05, 4.69) is 13.8 Å². The van der Waals surface area contributed by atoms with E-state index in [0.717, 1.165) is 11.3 Å². The number of carbonyl (C=O) groups is 1. The number of hydrogen-bond acceptors (Lipinski definition) is 4. The lowest BCUT2D eigenvalue weighted by Gasteiger charge is -2.34. The quantitative estimate of drug-likeness (QED) is 0.271. The van der Waals surface area contributed by atoms with Gasteiger partial charge in [-0.05, 0) is 74.2 Å². The molecule has 0 saturated heterocycles. The van der Waals surface area contributed by atoms with Crippen LogP contribution in [0.4, 0.5) is 0 Å². The second-order valence-corrected chi connectivity index (χ2v) is 9.64. The molecular formula is C31H35N3O3. The number of rotatable bonds is 9. The van der Waals surface area contributed by atoms with Crippen molar-refractivity contribution in [3.05, 3.63) is 100 Å². The lowest BCUT2D eigenvalue weighted by molar-refractivity contribution is 0.0630. The molecular weight excluding hydrogens is 462 g/mol. The molecule has 4 aromatic rings. The number of ether oxygens (including phenoxy) is 1. The van der Waals surface area contributed by atoms with Gasteiger partial charge in [-0.15, -0.1) is 0 Å². The number of benzene rings is 3. The number of hydrogen-bond donors (Lipinski definition) is 0. The van der Waals surface area contributed by atoms with E-state index in [4.69, 9.17) is 9.72 Å². The van der Waals surface area contributed by atoms with E-state index in [0.29, 0.717) is 47.6 Å². The van der Waals surface area contributed by atoms with Gasteiger partial charge in [-0.2, -0.15) is 0 Å². The average Bonchev–Trinajstić information content (AvgIpc) is 2.89. The van der Waals surface area contributed by atoms with E-state index >= 15 is 0 Å². The van der Waals surface area contributed by atoms with E-state index in [1.807, 2.05) is 92.4 Å². The molecule has 0 spiro atoms. The zero-order chi connectivity index (χ0) is 26.5. The molecule has 0 N–H and O–H groups in total. The SMILES string of the molecule is CCOc1ccc(-n2c(C(CC)N(CC(C)C)C(=O)c3ccccc3C)nc3ccccc3c2=O)cc1. The van der Waals surface area contributed by atoms with Crippen molar-refractivity contribution < 1.29 is 9.53 Å². The molecule has 1 aromatic heterocycles. The molecule has 0 aliphatic rings. The Kier molecular flexibility index (Phi) is 8.07. The Labute approximate surface area is 218 Å². The third kappa shape index (κ3) is 5.43. The predicted molar refractivity (Wildman–Crippen MR) is 149 cm³/mol. The van der Waals surface area contributed by atoms with Crippen molar-refractivity contribution in [1.82, 2.24) is 14.5 Å². The van der Waals surface area contributed by atoms with Crippen LogP contribution in [0.5, 0.6) is 5.75 Å². The van der Waals surface area contributed by atoms with Gasteiger partial charge in [-0.3, -0.25) is 14.2 Å². The molecule has 0 aliphatic heterocycles. The Bertz CT molecular complexity index is 1440. The molecule has 0 saturated carbocycles. The Morgan fingerprint density at radius 2 is 1.65 bits per heavy atom. The second kappa shape index (κ2) is 11.4. The fraction of sp³-hybridized carbons (Fsp3) is 0.323. The third-order valence-corrected chi connectivity index (χ3v) is 6.47. The number of fused-ring (bicyclic) bond motifs is 1. The van der Waals surface area contributed by atoms with Crippen molar-refractivity contribution in [2.75, 3.05) is 13.2 Å². The maximum atomic E-state index is 14.0. The van der Waals surface area contributed by atoms with Gasteiger partial charge in [-0.25, -0.2) is 4.98 Å². The Hall–Kier alpha value is -3.93. The summed E-state index contributed by atoms with van der Waals surface area (Å²) in [4.78, 5) is 34.8. The number of amides is 1. The molecule has 1 unspecified atom stereocenters. The molecule has 4 rings (SSSR count). The van der Waals surface area contributed by atoms with Crippen LogP contribution in [-0.2, 0) is 0 Å². The maximum absolute atomic E-state index is 14.0. The first-order valence-corrected chi connectivity index (χ1v) is 13.0. The lowest BCUT2D eigenvalue weighted by Crippen LogP contribution is -2.40. The van der Waals surface area contributed by atoms with Gasteiger partial charge in [0.15, 0.2) is 0 Å². The van der Waals surface area contributed by atoms with Crippen LogP contribution in [-0.4, -0.2) is 33.5 Å². The van der Waals surface area contributed by atoms with Gasteiger partial charge >= 0.3 is 0 Å². The first-order chi connectivity index (χ1) is 17.8. The molecule has 37 heavy (non-hydrogen) atoms. The Morgan fingerprint density at radius 3 is 2.30 bits per heavy atom. The molecule has 0 aliphatic carbocycles. The summed E-state index contributed by atoms with van der Waals surface area (Å²) in [5, 5.41) is 0.538. The highest BCUT2D eigenvalue weighted by atomic mass is 16.5. The lowest BCUT2D eigenvalue weighted by atomic mass is 10.0. The Morgan fingerprint density at radius 1 is 0.973 bits per heavy atom. The van der Waals surface area contributed by atoms with E-state index in [9.17, 15) is 9.59 Å². The van der Waals surface area contributed by atoms with Crippen LogP contribution < -0.4 is 10.3 Å². The van der Waals surface area contributed by atoms with E-state index < -0.39 is 6.04 Å². The minimum atomic E-state index is -0.404. The maximum Gasteiger partial charge on any atom is 0.266 e. The minimum Gasteiger partial charge on any atom is -0.494 e. The van der Waals surface area contributed by atoms with Gasteiger partial charge in [0, 0.05) is 12.1 Å². The molecule has 6 heteroatoms. The molecule has 6 nitrogen and oxygen atoms in total. The first-order valence-electron chi connectivity index (χ1n) is 13.0. The monoisotopic (exact) mass is 497 g/mol. The van der Waals surface area contributed by atoms with Crippen LogP contribution in [0.2, 0.25) is 0 Å². The normalized spacial score (nSPS) is 12.1. The highest BCUT2D eigenvalue weighted by Crippen LogP contribution is 2.29. The standard InChI is InChI=1S/C31H35N3O3/c1-6-28(33(20-21(3)4)30(35)25-13-9-8-12-22(25)5)29-32-27-15-11-10-14-26(27)31(36)34(29)23-16-18-24(19-17-23)37-7-2/h8-19,21,28H,6-7,20H2,1-5H3. The zero-order valence-electron chi connectivity index (χ0n) is 22.3. The van der Waals surface area contributed by atoms with Crippen LogP contribution in [0, 0.1) is 12.8 Å². The van der Waals surface area contributed by atoms with Crippen molar-refractivity contribution in [3.8, 4) is 11.4 Å². The van der Waals surface area contributed by atoms with E-state index in [1.54, 1.807) is 10.6 Å². The third-order valence-electron chi connectivity index (χ3n) is 6.47. The summed E-state index contributed by atoms with van der Waals surface area (Å²) in [6, 6.07) is 22.1. The summed E-state index contributed by atoms with van der Waals surface area (Å²) in [6.07, 6.45) is 0.603. The smallest absolute Gasteiger partial charge is 0.266 e. The number of carbonyl (C=O) groups excluding carboxylic acids is 1. The van der Waals surface area contributed by atoms with Crippen LogP contribution in [0.15, 0.2) is 77.6 Å². The molecule has 1 amide bonds.